The molecule has 3 rings (SSSR count). The molecule has 7 heteroatoms. The van der Waals surface area contributed by atoms with Crippen molar-refractivity contribution in [1.82, 2.24) is 0 Å². The van der Waals surface area contributed by atoms with Crippen LogP contribution in [0.3, 0.4) is 0 Å². The first kappa shape index (κ1) is 19.1. The number of ketones is 3. The first-order valence-electron chi connectivity index (χ1n) is 8.42. The molecule has 0 aromatic heterocycles. The number of thioether (sulfide) groups is 1. The third-order valence-corrected chi connectivity index (χ3v) is 6.52. The number of fused-ring (bicyclic) bond motifs is 1. The SMILES string of the molecule is Cc1cc(C(=O)CC(=O)C2CC2)c(C(F)(F)F)c2c1SCC(C)(C)C2=O. The summed E-state index contributed by atoms with van der Waals surface area (Å²) in [7, 11) is 0. The van der Waals surface area contributed by atoms with Gasteiger partial charge in [0.2, 0.25) is 0 Å². The van der Waals surface area contributed by atoms with Crippen molar-refractivity contribution in [3.63, 3.8) is 0 Å². The van der Waals surface area contributed by atoms with Crippen LogP contribution in [0.15, 0.2) is 11.0 Å². The summed E-state index contributed by atoms with van der Waals surface area (Å²) in [5.41, 5.74) is -2.65. The van der Waals surface area contributed by atoms with Crippen molar-refractivity contribution >= 4 is 29.1 Å². The minimum absolute atomic E-state index is 0.205. The monoisotopic (exact) mass is 384 g/mol. The van der Waals surface area contributed by atoms with Crippen molar-refractivity contribution < 1.29 is 27.6 Å². The fraction of sp³-hybridized carbons (Fsp3) is 0.526. The number of Topliss-reactive ketones (excluding diaryl/α,β-unsaturated/α-hetero) is 3. The molecule has 1 heterocycles. The Labute approximate surface area is 153 Å². The molecule has 1 aromatic carbocycles. The Morgan fingerprint density at radius 3 is 2.42 bits per heavy atom. The summed E-state index contributed by atoms with van der Waals surface area (Å²) < 4.78 is 41.6. The molecule has 0 bridgehead atoms. The molecule has 1 aromatic rings. The molecule has 0 atom stereocenters. The lowest BCUT2D eigenvalue weighted by Crippen LogP contribution is -2.34. The number of hydrogen-bond donors (Lipinski definition) is 0. The van der Waals surface area contributed by atoms with E-state index in [4.69, 9.17) is 0 Å². The fourth-order valence-corrected chi connectivity index (χ4v) is 4.44. The lowest BCUT2D eigenvalue weighted by molar-refractivity contribution is -0.138. The van der Waals surface area contributed by atoms with Crippen molar-refractivity contribution in [2.75, 3.05) is 5.75 Å². The zero-order valence-corrected chi connectivity index (χ0v) is 15.6. The third-order valence-electron chi connectivity index (χ3n) is 4.84. The fourth-order valence-electron chi connectivity index (χ4n) is 3.18. The van der Waals surface area contributed by atoms with Crippen LogP contribution in [0.4, 0.5) is 13.2 Å². The van der Waals surface area contributed by atoms with Crippen LogP contribution in [0, 0.1) is 18.3 Å². The minimum Gasteiger partial charge on any atom is -0.299 e. The molecule has 1 aliphatic carbocycles. The minimum atomic E-state index is -4.85. The van der Waals surface area contributed by atoms with Gasteiger partial charge in [-0.2, -0.15) is 13.2 Å². The van der Waals surface area contributed by atoms with E-state index < -0.39 is 46.3 Å². The molecule has 0 amide bonds. The predicted molar refractivity (Wildman–Crippen MR) is 91.7 cm³/mol. The first-order valence-corrected chi connectivity index (χ1v) is 9.40. The molecular weight excluding hydrogens is 365 g/mol. The summed E-state index contributed by atoms with van der Waals surface area (Å²) in [5.74, 6) is -1.61. The van der Waals surface area contributed by atoms with Crippen LogP contribution in [-0.2, 0) is 11.0 Å². The molecule has 1 aliphatic heterocycles. The molecule has 140 valence electrons. The van der Waals surface area contributed by atoms with Gasteiger partial charge in [0.25, 0.3) is 0 Å². The highest BCUT2D eigenvalue weighted by Gasteiger charge is 2.46. The zero-order chi connectivity index (χ0) is 19.4. The van der Waals surface area contributed by atoms with Crippen molar-refractivity contribution in [2.45, 2.75) is 51.1 Å². The Hall–Kier alpha value is -1.63. The Morgan fingerprint density at radius 1 is 1.27 bits per heavy atom. The summed E-state index contributed by atoms with van der Waals surface area (Å²) in [6, 6.07) is 1.18. The summed E-state index contributed by atoms with van der Waals surface area (Å²) in [6.45, 7) is 4.80. The van der Waals surface area contributed by atoms with Gasteiger partial charge in [-0.05, 0) is 31.4 Å². The number of aryl methyl sites for hydroxylation is 1. The van der Waals surface area contributed by atoms with Crippen LogP contribution in [0.2, 0.25) is 0 Å². The first-order chi connectivity index (χ1) is 11.9. The highest BCUT2D eigenvalue weighted by molar-refractivity contribution is 7.99. The number of benzene rings is 1. The second-order valence-electron chi connectivity index (χ2n) is 7.66. The zero-order valence-electron chi connectivity index (χ0n) is 14.8. The number of carbonyl (C=O) groups is 3. The van der Waals surface area contributed by atoms with E-state index in [0.29, 0.717) is 24.2 Å². The Kier molecular flexibility index (Phi) is 4.58. The second kappa shape index (κ2) is 6.22. The number of rotatable bonds is 4. The van der Waals surface area contributed by atoms with Gasteiger partial charge in [0.1, 0.15) is 5.78 Å². The number of hydrogen-bond acceptors (Lipinski definition) is 4. The smallest absolute Gasteiger partial charge is 0.299 e. The van der Waals surface area contributed by atoms with Crippen molar-refractivity contribution in [3.05, 3.63) is 28.3 Å². The Bertz CT molecular complexity index is 820. The van der Waals surface area contributed by atoms with E-state index in [0.717, 1.165) is 0 Å². The normalized spacial score (nSPS) is 19.2. The Morgan fingerprint density at radius 2 is 1.88 bits per heavy atom. The molecule has 1 fully saturated rings. The Balaban J connectivity index is 2.17. The molecule has 0 unspecified atom stereocenters. The summed E-state index contributed by atoms with van der Waals surface area (Å²) in [5, 5.41) is 0. The molecule has 2 aliphatic rings. The second-order valence-corrected chi connectivity index (χ2v) is 8.65. The lowest BCUT2D eigenvalue weighted by Gasteiger charge is -2.32. The summed E-state index contributed by atoms with van der Waals surface area (Å²) in [6.07, 6.45) is -4.03. The standard InChI is InChI=1S/C19H19F3O3S/c1-9-6-11(13(24)7-12(23)10-4-5-10)15(19(20,21)22)14-16(9)26-8-18(2,3)17(14)25/h6,10H,4-5,7-8H2,1-3H3. The van der Waals surface area contributed by atoms with E-state index >= 15 is 0 Å². The van der Waals surface area contributed by atoms with Crippen molar-refractivity contribution in [1.29, 1.82) is 0 Å². The summed E-state index contributed by atoms with van der Waals surface area (Å²) in [4.78, 5) is 37.5. The number of halogens is 3. The molecular formula is C19H19F3O3S. The molecule has 0 N–H and O–H groups in total. The van der Waals surface area contributed by atoms with Gasteiger partial charge in [-0.1, -0.05) is 13.8 Å². The van der Waals surface area contributed by atoms with Crippen molar-refractivity contribution in [2.24, 2.45) is 11.3 Å². The van der Waals surface area contributed by atoms with Crippen LogP contribution < -0.4 is 0 Å². The lowest BCUT2D eigenvalue weighted by atomic mass is 9.81. The van der Waals surface area contributed by atoms with E-state index in [1.165, 1.54) is 17.8 Å². The van der Waals surface area contributed by atoms with Gasteiger partial charge in [-0.15, -0.1) is 11.8 Å². The highest BCUT2D eigenvalue weighted by atomic mass is 32.2. The topological polar surface area (TPSA) is 51.2 Å². The quantitative estimate of drug-likeness (QED) is 0.548. The van der Waals surface area contributed by atoms with Gasteiger partial charge in [-0.3, -0.25) is 14.4 Å². The van der Waals surface area contributed by atoms with Gasteiger partial charge in [0, 0.05) is 33.1 Å². The van der Waals surface area contributed by atoms with E-state index in [2.05, 4.69) is 0 Å². The average molecular weight is 384 g/mol. The van der Waals surface area contributed by atoms with Crippen LogP contribution in [0.25, 0.3) is 0 Å². The van der Waals surface area contributed by atoms with Crippen LogP contribution in [0.1, 0.15) is 65.0 Å². The van der Waals surface area contributed by atoms with Gasteiger partial charge < -0.3 is 0 Å². The highest BCUT2D eigenvalue weighted by Crippen LogP contribution is 2.48. The van der Waals surface area contributed by atoms with E-state index in [1.54, 1.807) is 20.8 Å². The average Bonchev–Trinajstić information content (AvgIpc) is 3.34. The van der Waals surface area contributed by atoms with Gasteiger partial charge in [-0.25, -0.2) is 0 Å². The van der Waals surface area contributed by atoms with E-state index in [-0.39, 0.29) is 16.6 Å². The molecule has 1 saturated carbocycles. The summed E-state index contributed by atoms with van der Waals surface area (Å²) >= 11 is 1.21. The van der Waals surface area contributed by atoms with Gasteiger partial charge in [0.05, 0.1) is 12.0 Å². The molecule has 3 nitrogen and oxygen atoms in total. The van der Waals surface area contributed by atoms with Gasteiger partial charge >= 0.3 is 6.18 Å². The predicted octanol–water partition coefficient (Wildman–Crippen LogP) is 4.88. The van der Waals surface area contributed by atoms with Crippen LogP contribution in [-0.4, -0.2) is 23.1 Å². The number of alkyl halides is 3. The third kappa shape index (κ3) is 3.33. The molecule has 26 heavy (non-hydrogen) atoms. The maximum Gasteiger partial charge on any atom is 0.417 e. The van der Waals surface area contributed by atoms with Crippen LogP contribution in [0.5, 0.6) is 0 Å². The van der Waals surface area contributed by atoms with E-state index in [9.17, 15) is 27.6 Å². The molecule has 0 radical (unpaired) electrons. The van der Waals surface area contributed by atoms with Crippen LogP contribution >= 0.6 is 11.8 Å². The van der Waals surface area contributed by atoms with E-state index in [1.807, 2.05) is 0 Å². The number of carbonyl (C=O) groups excluding carboxylic acids is 3. The molecule has 0 spiro atoms. The molecule has 0 saturated heterocycles. The maximum atomic E-state index is 13.9. The van der Waals surface area contributed by atoms with Crippen molar-refractivity contribution in [3.8, 4) is 0 Å². The largest absolute Gasteiger partial charge is 0.417 e. The maximum absolute atomic E-state index is 13.9. The van der Waals surface area contributed by atoms with Gasteiger partial charge in [0.15, 0.2) is 11.6 Å².